The van der Waals surface area contributed by atoms with Crippen LogP contribution in [0.25, 0.3) is 0 Å². The summed E-state index contributed by atoms with van der Waals surface area (Å²) < 4.78 is 0. The van der Waals surface area contributed by atoms with Crippen molar-refractivity contribution in [3.63, 3.8) is 0 Å². The molecule has 3 nitrogen and oxygen atoms in total. The highest BCUT2D eigenvalue weighted by Crippen LogP contribution is 2.08. The molecule has 1 aliphatic rings. The molecular formula is C7H17ClN2O. The fourth-order valence-corrected chi connectivity index (χ4v) is 1.33. The monoisotopic (exact) mass is 180 g/mol. The van der Waals surface area contributed by atoms with Gasteiger partial charge in [-0.25, -0.2) is 0 Å². The van der Waals surface area contributed by atoms with Gasteiger partial charge >= 0.3 is 0 Å². The van der Waals surface area contributed by atoms with Crippen molar-refractivity contribution in [2.24, 2.45) is 5.73 Å². The number of nitrogens with zero attached hydrogens (tertiary/aromatic N) is 1. The summed E-state index contributed by atoms with van der Waals surface area (Å²) in [6.07, 6.45) is 1.77. The number of rotatable bonds is 2. The van der Waals surface area contributed by atoms with Crippen LogP contribution in [-0.4, -0.2) is 42.3 Å². The number of likely N-dealkylation sites (tertiary alicyclic amines) is 1. The van der Waals surface area contributed by atoms with E-state index in [9.17, 15) is 0 Å². The first-order chi connectivity index (χ1) is 4.83. The Bertz CT molecular complexity index is 94.4. The Hall–Kier alpha value is 0.170. The molecule has 0 aromatic carbocycles. The summed E-state index contributed by atoms with van der Waals surface area (Å²) >= 11 is 0. The Morgan fingerprint density at radius 1 is 1.36 bits per heavy atom. The fourth-order valence-electron chi connectivity index (χ4n) is 1.33. The van der Waals surface area contributed by atoms with Gasteiger partial charge in [0.1, 0.15) is 0 Å². The van der Waals surface area contributed by atoms with Crippen LogP contribution in [0, 0.1) is 0 Å². The third-order valence-corrected chi connectivity index (χ3v) is 2.00. The minimum absolute atomic E-state index is 0. The first-order valence-electron chi connectivity index (χ1n) is 3.93. The van der Waals surface area contributed by atoms with Crippen LogP contribution in [0.1, 0.15) is 12.8 Å². The average molecular weight is 181 g/mol. The third kappa shape index (κ3) is 3.91. The maximum atomic E-state index is 9.14. The van der Waals surface area contributed by atoms with E-state index < -0.39 is 0 Å². The van der Waals surface area contributed by atoms with Gasteiger partial charge in [0.2, 0.25) is 0 Å². The first kappa shape index (κ1) is 11.2. The van der Waals surface area contributed by atoms with Gasteiger partial charge in [0.05, 0.1) is 6.10 Å². The van der Waals surface area contributed by atoms with Crippen molar-refractivity contribution in [2.75, 3.05) is 26.2 Å². The molecule has 1 fully saturated rings. The quantitative estimate of drug-likeness (QED) is 0.620. The molecule has 1 rings (SSSR count). The summed E-state index contributed by atoms with van der Waals surface area (Å²) in [5.41, 5.74) is 5.39. The van der Waals surface area contributed by atoms with E-state index in [2.05, 4.69) is 4.90 Å². The topological polar surface area (TPSA) is 49.5 Å². The number of aliphatic hydroxyl groups excluding tert-OH is 1. The Labute approximate surface area is 74.0 Å². The second-order valence-electron chi connectivity index (χ2n) is 2.86. The van der Waals surface area contributed by atoms with E-state index in [-0.39, 0.29) is 18.5 Å². The Kier molecular flexibility index (Phi) is 5.86. The largest absolute Gasteiger partial charge is 0.393 e. The van der Waals surface area contributed by atoms with E-state index in [0.29, 0.717) is 0 Å². The molecule has 0 aliphatic carbocycles. The Balaban J connectivity index is 0.000001000. The molecule has 1 saturated heterocycles. The summed E-state index contributed by atoms with van der Waals surface area (Å²) in [6.45, 7) is 3.74. The van der Waals surface area contributed by atoms with Gasteiger partial charge in [-0.1, -0.05) is 0 Å². The van der Waals surface area contributed by atoms with Crippen LogP contribution in [0.2, 0.25) is 0 Å². The molecule has 0 aromatic heterocycles. The maximum Gasteiger partial charge on any atom is 0.0564 e. The van der Waals surface area contributed by atoms with E-state index in [1.165, 1.54) is 0 Å². The van der Waals surface area contributed by atoms with Crippen molar-refractivity contribution in [3.8, 4) is 0 Å². The number of piperidine rings is 1. The van der Waals surface area contributed by atoms with Crippen LogP contribution in [0.4, 0.5) is 0 Å². The SMILES string of the molecule is Cl.NCCN1CCC(O)CC1. The van der Waals surface area contributed by atoms with E-state index >= 15 is 0 Å². The molecule has 1 aliphatic heterocycles. The third-order valence-electron chi connectivity index (χ3n) is 2.00. The zero-order valence-corrected chi connectivity index (χ0v) is 7.52. The van der Waals surface area contributed by atoms with Gasteiger partial charge in [-0.05, 0) is 12.8 Å². The van der Waals surface area contributed by atoms with Crippen LogP contribution >= 0.6 is 12.4 Å². The highest BCUT2D eigenvalue weighted by molar-refractivity contribution is 5.85. The molecule has 0 atom stereocenters. The summed E-state index contributed by atoms with van der Waals surface area (Å²) in [4.78, 5) is 2.30. The second kappa shape index (κ2) is 5.77. The van der Waals surface area contributed by atoms with Gasteiger partial charge in [-0.15, -0.1) is 12.4 Å². The fraction of sp³-hybridized carbons (Fsp3) is 1.00. The maximum absolute atomic E-state index is 9.14. The normalized spacial score (nSPS) is 21.3. The lowest BCUT2D eigenvalue weighted by molar-refractivity contribution is 0.0841. The van der Waals surface area contributed by atoms with Crippen LogP contribution in [-0.2, 0) is 0 Å². The van der Waals surface area contributed by atoms with Gasteiger partial charge in [0, 0.05) is 26.2 Å². The van der Waals surface area contributed by atoms with Crippen LogP contribution in [0.5, 0.6) is 0 Å². The van der Waals surface area contributed by atoms with Crippen molar-refractivity contribution in [1.29, 1.82) is 0 Å². The zero-order valence-electron chi connectivity index (χ0n) is 6.70. The molecule has 0 spiro atoms. The molecule has 4 heteroatoms. The van der Waals surface area contributed by atoms with E-state index in [4.69, 9.17) is 10.8 Å². The van der Waals surface area contributed by atoms with Gasteiger partial charge < -0.3 is 15.7 Å². The van der Waals surface area contributed by atoms with E-state index in [1.54, 1.807) is 0 Å². The van der Waals surface area contributed by atoms with Gasteiger partial charge in [-0.2, -0.15) is 0 Å². The number of hydrogen-bond acceptors (Lipinski definition) is 3. The Morgan fingerprint density at radius 3 is 2.36 bits per heavy atom. The van der Waals surface area contributed by atoms with Crippen molar-refractivity contribution in [3.05, 3.63) is 0 Å². The molecule has 3 N–H and O–H groups in total. The molecule has 0 amide bonds. The molecule has 0 radical (unpaired) electrons. The molecule has 68 valence electrons. The second-order valence-corrected chi connectivity index (χ2v) is 2.86. The smallest absolute Gasteiger partial charge is 0.0564 e. The summed E-state index contributed by atoms with van der Waals surface area (Å²) in [5, 5.41) is 9.14. The lowest BCUT2D eigenvalue weighted by Crippen LogP contribution is -2.38. The zero-order chi connectivity index (χ0) is 7.40. The molecule has 1 heterocycles. The first-order valence-corrected chi connectivity index (χ1v) is 3.93. The summed E-state index contributed by atoms with van der Waals surface area (Å²) in [7, 11) is 0. The molecule has 0 aromatic rings. The van der Waals surface area contributed by atoms with E-state index in [1.807, 2.05) is 0 Å². The van der Waals surface area contributed by atoms with Crippen LogP contribution in [0.15, 0.2) is 0 Å². The number of aliphatic hydroxyl groups is 1. The number of hydrogen-bond donors (Lipinski definition) is 2. The number of halogens is 1. The van der Waals surface area contributed by atoms with Gasteiger partial charge in [0.25, 0.3) is 0 Å². The summed E-state index contributed by atoms with van der Waals surface area (Å²) in [5.74, 6) is 0. The molecule has 0 saturated carbocycles. The van der Waals surface area contributed by atoms with Crippen molar-refractivity contribution in [1.82, 2.24) is 4.90 Å². The minimum atomic E-state index is -0.0611. The lowest BCUT2D eigenvalue weighted by Gasteiger charge is -2.28. The van der Waals surface area contributed by atoms with Crippen molar-refractivity contribution >= 4 is 12.4 Å². The minimum Gasteiger partial charge on any atom is -0.393 e. The highest BCUT2D eigenvalue weighted by Gasteiger charge is 2.15. The lowest BCUT2D eigenvalue weighted by atomic mass is 10.1. The van der Waals surface area contributed by atoms with Gasteiger partial charge in [-0.3, -0.25) is 0 Å². The standard InChI is InChI=1S/C7H16N2O.ClH/c8-3-6-9-4-1-7(10)2-5-9;/h7,10H,1-6,8H2;1H. The van der Waals surface area contributed by atoms with Crippen LogP contribution < -0.4 is 5.73 Å². The molecular weight excluding hydrogens is 164 g/mol. The Morgan fingerprint density at radius 2 is 1.91 bits per heavy atom. The van der Waals surface area contributed by atoms with Crippen LogP contribution in [0.3, 0.4) is 0 Å². The molecule has 0 unspecified atom stereocenters. The molecule has 11 heavy (non-hydrogen) atoms. The predicted molar refractivity (Wildman–Crippen MR) is 48.0 cm³/mol. The average Bonchev–Trinajstić information content (AvgIpc) is 1.95. The van der Waals surface area contributed by atoms with Crippen molar-refractivity contribution < 1.29 is 5.11 Å². The molecule has 0 bridgehead atoms. The van der Waals surface area contributed by atoms with Crippen molar-refractivity contribution in [2.45, 2.75) is 18.9 Å². The van der Waals surface area contributed by atoms with Gasteiger partial charge in [0.15, 0.2) is 0 Å². The van der Waals surface area contributed by atoms with E-state index in [0.717, 1.165) is 39.0 Å². The highest BCUT2D eigenvalue weighted by atomic mass is 35.5. The predicted octanol–water partition coefficient (Wildman–Crippen LogP) is -0.176. The summed E-state index contributed by atoms with van der Waals surface area (Å²) in [6, 6.07) is 0. The number of nitrogens with two attached hydrogens (primary N) is 1.